The summed E-state index contributed by atoms with van der Waals surface area (Å²) in [6.07, 6.45) is -0.717. The first kappa shape index (κ1) is 19.4. The summed E-state index contributed by atoms with van der Waals surface area (Å²) in [7, 11) is -4.88. The minimum absolute atomic E-state index is 0.00703. The smallest absolute Gasteiger partial charge is 0.431 e. The largest absolute Gasteiger partial charge is 0.442 e. The quantitative estimate of drug-likeness (QED) is 0.288. The van der Waals surface area contributed by atoms with Crippen molar-refractivity contribution in [3.63, 3.8) is 0 Å². The van der Waals surface area contributed by atoms with Crippen LogP contribution in [0.5, 0.6) is 0 Å². The Hall–Kier alpha value is -1.96. The van der Waals surface area contributed by atoms with E-state index in [-0.39, 0.29) is 24.4 Å². The van der Waals surface area contributed by atoms with E-state index in [2.05, 4.69) is 4.28 Å². The van der Waals surface area contributed by atoms with Crippen LogP contribution in [-0.4, -0.2) is 70.2 Å². The van der Waals surface area contributed by atoms with Gasteiger partial charge in [0.2, 0.25) is 0 Å². The molecule has 2 fully saturated rings. The predicted octanol–water partition coefficient (Wildman–Crippen LogP) is -0.373. The standard InChI is InChI=1S/C12H20N4O8S/c1-12(2,3)23-11(19)15(13)9(17)8-5-4-7-6-14(8)10(18)16(7)24-25(20,21)22/h7-8H,4-6,13H2,1-3H3,(H,20,21,22). The normalized spacial score (nSPS) is 23.6. The molecule has 12 nitrogen and oxygen atoms in total. The van der Waals surface area contributed by atoms with Gasteiger partial charge in [0.25, 0.3) is 5.91 Å². The fourth-order valence-electron chi connectivity index (χ4n) is 2.65. The number of carbonyl (C=O) groups is 3. The molecule has 0 spiro atoms. The van der Waals surface area contributed by atoms with Crippen molar-refractivity contribution in [2.24, 2.45) is 5.84 Å². The molecular weight excluding hydrogens is 360 g/mol. The van der Waals surface area contributed by atoms with E-state index in [0.29, 0.717) is 5.06 Å². The van der Waals surface area contributed by atoms with Crippen LogP contribution in [-0.2, 0) is 24.2 Å². The number of imide groups is 1. The molecule has 4 amide bonds. The first-order valence-electron chi connectivity index (χ1n) is 7.38. The third kappa shape index (κ3) is 4.36. The molecule has 2 atom stereocenters. The third-order valence-electron chi connectivity index (χ3n) is 3.61. The van der Waals surface area contributed by atoms with Crippen molar-refractivity contribution < 1.29 is 36.4 Å². The van der Waals surface area contributed by atoms with E-state index in [1.54, 1.807) is 20.8 Å². The molecule has 0 radical (unpaired) electrons. The van der Waals surface area contributed by atoms with Gasteiger partial charge in [-0.3, -0.25) is 9.35 Å². The van der Waals surface area contributed by atoms with Gasteiger partial charge in [0.1, 0.15) is 11.6 Å². The number of rotatable bonds is 3. The highest BCUT2D eigenvalue weighted by Gasteiger charge is 2.50. The van der Waals surface area contributed by atoms with Crippen molar-refractivity contribution in [1.82, 2.24) is 15.0 Å². The van der Waals surface area contributed by atoms with Gasteiger partial charge in [-0.15, -0.1) is 4.28 Å². The summed E-state index contributed by atoms with van der Waals surface area (Å²) < 4.78 is 39.6. The number of piperidine rings is 1. The molecule has 142 valence electrons. The zero-order valence-corrected chi connectivity index (χ0v) is 14.7. The Morgan fingerprint density at radius 3 is 2.44 bits per heavy atom. The minimum Gasteiger partial charge on any atom is -0.442 e. The van der Waals surface area contributed by atoms with Crippen LogP contribution in [0.3, 0.4) is 0 Å². The zero-order chi connectivity index (χ0) is 19.2. The van der Waals surface area contributed by atoms with E-state index in [1.807, 2.05) is 0 Å². The van der Waals surface area contributed by atoms with Crippen LogP contribution in [0, 0.1) is 0 Å². The molecule has 0 saturated carbocycles. The average molecular weight is 380 g/mol. The van der Waals surface area contributed by atoms with Crippen molar-refractivity contribution in [2.75, 3.05) is 6.54 Å². The monoisotopic (exact) mass is 380 g/mol. The molecule has 2 heterocycles. The number of nitrogens with zero attached hydrogens (tertiary/aromatic N) is 3. The number of hydroxylamine groups is 2. The molecule has 2 unspecified atom stereocenters. The SMILES string of the molecule is CC(C)(C)OC(=O)N(N)C(=O)C1CCC2CN1C(=O)N2OS(=O)(=O)O. The molecule has 2 aliphatic rings. The molecule has 25 heavy (non-hydrogen) atoms. The van der Waals surface area contributed by atoms with Gasteiger partial charge in [-0.25, -0.2) is 15.4 Å². The maximum Gasteiger partial charge on any atom is 0.431 e. The van der Waals surface area contributed by atoms with Crippen LogP contribution in [0.4, 0.5) is 9.59 Å². The topological polar surface area (TPSA) is 160 Å². The fourth-order valence-corrected chi connectivity index (χ4v) is 3.04. The van der Waals surface area contributed by atoms with Gasteiger partial charge < -0.3 is 9.64 Å². The van der Waals surface area contributed by atoms with Crippen LogP contribution < -0.4 is 5.84 Å². The Bertz CT molecular complexity index is 688. The minimum atomic E-state index is -4.88. The summed E-state index contributed by atoms with van der Waals surface area (Å²) in [5, 5.41) is 0.784. The summed E-state index contributed by atoms with van der Waals surface area (Å²) in [6.45, 7) is 4.79. The lowest BCUT2D eigenvalue weighted by atomic mass is 10.0. The number of hydrazine groups is 1. The van der Waals surface area contributed by atoms with E-state index in [9.17, 15) is 22.8 Å². The van der Waals surface area contributed by atoms with Gasteiger partial charge in [-0.1, -0.05) is 0 Å². The highest BCUT2D eigenvalue weighted by Crippen LogP contribution is 2.31. The molecule has 0 aliphatic carbocycles. The second-order valence-corrected chi connectivity index (χ2v) is 7.70. The number of amides is 4. The maximum atomic E-state index is 12.4. The van der Waals surface area contributed by atoms with E-state index >= 15 is 0 Å². The second-order valence-electron chi connectivity index (χ2n) is 6.70. The lowest BCUT2D eigenvalue weighted by molar-refractivity contribution is -0.136. The van der Waals surface area contributed by atoms with Gasteiger partial charge in [-0.2, -0.15) is 18.5 Å². The molecular formula is C12H20N4O8S. The molecule has 0 aromatic carbocycles. The van der Waals surface area contributed by atoms with Gasteiger partial charge in [0, 0.05) is 6.54 Å². The molecule has 0 aromatic heterocycles. The summed E-state index contributed by atoms with van der Waals surface area (Å²) in [5.74, 6) is 4.64. The van der Waals surface area contributed by atoms with Crippen LogP contribution >= 0.6 is 0 Å². The molecule has 2 bridgehead atoms. The Balaban J connectivity index is 2.11. The lowest BCUT2D eigenvalue weighted by Gasteiger charge is -2.31. The summed E-state index contributed by atoms with van der Waals surface area (Å²) in [6, 6.07) is -2.64. The first-order chi connectivity index (χ1) is 11.3. The average Bonchev–Trinajstić information content (AvgIpc) is 2.68. The molecule has 13 heteroatoms. The Morgan fingerprint density at radius 1 is 1.32 bits per heavy atom. The Labute approximate surface area is 144 Å². The van der Waals surface area contributed by atoms with Gasteiger partial charge in [-0.05, 0) is 33.6 Å². The molecule has 2 rings (SSSR count). The molecule has 2 aliphatic heterocycles. The zero-order valence-electron chi connectivity index (χ0n) is 13.9. The number of hydrogen-bond acceptors (Lipinski definition) is 8. The third-order valence-corrected chi connectivity index (χ3v) is 3.96. The van der Waals surface area contributed by atoms with Crippen molar-refractivity contribution in [3.8, 4) is 0 Å². The van der Waals surface area contributed by atoms with Crippen LogP contribution in [0.25, 0.3) is 0 Å². The Morgan fingerprint density at radius 2 is 1.92 bits per heavy atom. The van der Waals surface area contributed by atoms with Gasteiger partial charge >= 0.3 is 22.5 Å². The van der Waals surface area contributed by atoms with E-state index in [1.165, 1.54) is 0 Å². The van der Waals surface area contributed by atoms with Crippen LogP contribution in [0.1, 0.15) is 33.6 Å². The highest BCUT2D eigenvalue weighted by molar-refractivity contribution is 7.80. The summed E-state index contributed by atoms with van der Waals surface area (Å²) in [4.78, 5) is 37.6. The molecule has 3 N–H and O–H groups in total. The van der Waals surface area contributed by atoms with E-state index < -0.39 is 46.1 Å². The number of urea groups is 1. The van der Waals surface area contributed by atoms with Crippen molar-refractivity contribution in [2.45, 2.75) is 51.3 Å². The molecule has 2 saturated heterocycles. The first-order valence-corrected chi connectivity index (χ1v) is 8.75. The highest BCUT2D eigenvalue weighted by atomic mass is 32.3. The number of ether oxygens (including phenoxy) is 1. The Kier molecular flexibility index (Phi) is 4.96. The summed E-state index contributed by atoms with van der Waals surface area (Å²) in [5.41, 5.74) is -0.865. The second kappa shape index (κ2) is 6.40. The number of hydrogen-bond donors (Lipinski definition) is 2. The van der Waals surface area contributed by atoms with Crippen molar-refractivity contribution in [1.29, 1.82) is 0 Å². The molecule has 0 aromatic rings. The predicted molar refractivity (Wildman–Crippen MR) is 80.7 cm³/mol. The van der Waals surface area contributed by atoms with Crippen LogP contribution in [0.15, 0.2) is 0 Å². The summed E-state index contributed by atoms with van der Waals surface area (Å²) >= 11 is 0. The van der Waals surface area contributed by atoms with Gasteiger partial charge in [0.15, 0.2) is 0 Å². The number of fused-ring (bicyclic) bond motifs is 2. The maximum absolute atomic E-state index is 12.4. The van der Waals surface area contributed by atoms with Gasteiger partial charge in [0.05, 0.1) is 6.04 Å². The van der Waals surface area contributed by atoms with Crippen molar-refractivity contribution >= 4 is 28.4 Å². The number of nitrogens with two attached hydrogens (primary N) is 1. The fraction of sp³-hybridized carbons (Fsp3) is 0.750. The van der Waals surface area contributed by atoms with Crippen LogP contribution in [0.2, 0.25) is 0 Å². The van der Waals surface area contributed by atoms with Crippen molar-refractivity contribution in [3.05, 3.63) is 0 Å². The lowest BCUT2D eigenvalue weighted by Crippen LogP contribution is -2.56. The van der Waals surface area contributed by atoms with E-state index in [4.69, 9.17) is 15.1 Å². The van der Waals surface area contributed by atoms with E-state index in [0.717, 1.165) is 4.90 Å². The number of carbonyl (C=O) groups excluding carboxylic acids is 3.